The maximum absolute atomic E-state index is 11.5. The van der Waals surface area contributed by atoms with E-state index in [-0.39, 0.29) is 17.1 Å². The molecule has 1 aliphatic carbocycles. The highest BCUT2D eigenvalue weighted by Gasteiger charge is 2.44. The van der Waals surface area contributed by atoms with Crippen molar-refractivity contribution in [2.75, 3.05) is 11.5 Å². The molecule has 0 spiro atoms. The zero-order chi connectivity index (χ0) is 27.5. The third-order valence-electron chi connectivity index (χ3n) is 7.71. The van der Waals surface area contributed by atoms with Gasteiger partial charge in [-0.3, -0.25) is 9.78 Å². The maximum Gasteiger partial charge on any atom is 0.303 e. The molecule has 4 nitrogen and oxygen atoms in total. The van der Waals surface area contributed by atoms with Gasteiger partial charge in [0.05, 0.1) is 23.4 Å². The Morgan fingerprint density at radius 2 is 1.95 bits per heavy atom. The number of benzene rings is 2. The molecule has 2 aromatic carbocycles. The van der Waals surface area contributed by atoms with Crippen LogP contribution in [0.1, 0.15) is 78.4 Å². The Labute approximate surface area is 240 Å². The number of carboxylic acid groups (broad SMARTS) is 1. The molecule has 6 heteroatoms. The molecule has 2 aliphatic rings. The SMILES string of the molecule is CC(C)(O)c1ccccc1CC[C@@H](SCC1(CC(=O)O)CC1)c1cccc(/C=C/c2ccc3c(n2)CCS3)c1. The lowest BCUT2D eigenvalue weighted by Crippen LogP contribution is -2.18. The van der Waals surface area contributed by atoms with Crippen molar-refractivity contribution in [2.24, 2.45) is 5.41 Å². The van der Waals surface area contributed by atoms with Crippen molar-refractivity contribution in [1.82, 2.24) is 4.98 Å². The van der Waals surface area contributed by atoms with Gasteiger partial charge >= 0.3 is 5.97 Å². The normalized spacial score (nSPS) is 16.8. The van der Waals surface area contributed by atoms with Crippen LogP contribution in [0.15, 0.2) is 65.6 Å². The summed E-state index contributed by atoms with van der Waals surface area (Å²) in [6.45, 7) is 3.68. The van der Waals surface area contributed by atoms with Gasteiger partial charge in [0.25, 0.3) is 0 Å². The van der Waals surface area contributed by atoms with E-state index in [4.69, 9.17) is 4.98 Å². The first-order valence-electron chi connectivity index (χ1n) is 13.8. The number of aromatic nitrogens is 1. The van der Waals surface area contributed by atoms with E-state index in [1.165, 1.54) is 21.7 Å². The number of carboxylic acids is 1. The first-order valence-corrected chi connectivity index (χ1v) is 15.8. The van der Waals surface area contributed by atoms with Crippen molar-refractivity contribution in [2.45, 2.75) is 68.1 Å². The third kappa shape index (κ3) is 7.36. The second-order valence-corrected chi connectivity index (χ2v) is 13.7. The van der Waals surface area contributed by atoms with Gasteiger partial charge < -0.3 is 10.2 Å². The lowest BCUT2D eigenvalue weighted by Gasteiger charge is -2.24. The minimum absolute atomic E-state index is 0.0607. The lowest BCUT2D eigenvalue weighted by molar-refractivity contribution is -0.138. The van der Waals surface area contributed by atoms with Gasteiger partial charge in [-0.05, 0) is 85.4 Å². The fourth-order valence-electron chi connectivity index (χ4n) is 5.33. The van der Waals surface area contributed by atoms with Crippen LogP contribution in [0.4, 0.5) is 0 Å². The standard InChI is InChI=1S/C33H37NO3S2/c1-32(2,37)27-9-4-3-7-24(27)11-14-29(39-22-33(17-18-33)21-31(35)36)25-8-5-6-23(20-25)10-12-26-13-15-30-28(34-26)16-19-38-30/h3-10,12-13,15,20,29,37H,11,14,16-19,21-22H2,1-2H3,(H,35,36)/b12-10+/t29-/m1/s1. The average Bonchev–Trinajstić information content (AvgIpc) is 3.49. The number of carbonyl (C=O) groups is 1. The number of aryl methyl sites for hydroxylation is 2. The second-order valence-electron chi connectivity index (χ2n) is 11.4. The van der Waals surface area contributed by atoms with E-state index < -0.39 is 11.6 Å². The second kappa shape index (κ2) is 11.9. The van der Waals surface area contributed by atoms with Crippen molar-refractivity contribution in [3.63, 3.8) is 0 Å². The van der Waals surface area contributed by atoms with Gasteiger partial charge in [-0.1, -0.05) is 54.6 Å². The van der Waals surface area contributed by atoms with Gasteiger partial charge in [-0.25, -0.2) is 0 Å². The fraction of sp³-hybridized carbons (Fsp3) is 0.394. The van der Waals surface area contributed by atoms with Crippen LogP contribution in [0.25, 0.3) is 12.2 Å². The molecule has 0 saturated heterocycles. The van der Waals surface area contributed by atoms with E-state index in [0.29, 0.717) is 0 Å². The number of thioether (sulfide) groups is 2. The summed E-state index contributed by atoms with van der Waals surface area (Å²) >= 11 is 3.77. The zero-order valence-electron chi connectivity index (χ0n) is 22.7. The Morgan fingerprint density at radius 1 is 1.13 bits per heavy atom. The largest absolute Gasteiger partial charge is 0.481 e. The molecule has 5 rings (SSSR count). The Morgan fingerprint density at radius 3 is 2.72 bits per heavy atom. The number of fused-ring (bicyclic) bond motifs is 1. The van der Waals surface area contributed by atoms with Crippen molar-refractivity contribution >= 4 is 41.6 Å². The lowest BCUT2D eigenvalue weighted by atomic mass is 9.90. The predicted octanol–water partition coefficient (Wildman–Crippen LogP) is 7.79. The van der Waals surface area contributed by atoms with Crippen molar-refractivity contribution in [1.29, 1.82) is 0 Å². The number of aliphatic carboxylic acids is 1. The number of aliphatic hydroxyl groups is 1. The highest BCUT2D eigenvalue weighted by atomic mass is 32.2. The van der Waals surface area contributed by atoms with E-state index in [2.05, 4.69) is 54.6 Å². The summed E-state index contributed by atoms with van der Waals surface area (Å²) in [5.74, 6) is 1.27. The molecule has 1 atom stereocenters. The number of rotatable bonds is 12. The predicted molar refractivity (Wildman–Crippen MR) is 163 cm³/mol. The van der Waals surface area contributed by atoms with E-state index in [1.807, 2.05) is 55.6 Å². The van der Waals surface area contributed by atoms with Crippen LogP contribution in [0, 0.1) is 5.41 Å². The van der Waals surface area contributed by atoms with Crippen molar-refractivity contribution in [3.05, 3.63) is 94.3 Å². The number of pyridine rings is 1. The summed E-state index contributed by atoms with van der Waals surface area (Å²) in [7, 11) is 0. The van der Waals surface area contributed by atoms with Crippen LogP contribution in [0.2, 0.25) is 0 Å². The Balaban J connectivity index is 1.35. The van der Waals surface area contributed by atoms with Crippen LogP contribution in [-0.2, 0) is 23.2 Å². The number of hydrogen-bond donors (Lipinski definition) is 2. The van der Waals surface area contributed by atoms with Gasteiger partial charge in [-0.15, -0.1) is 11.8 Å². The average molecular weight is 560 g/mol. The molecule has 0 bridgehead atoms. The Hall–Kier alpha value is -2.54. The van der Waals surface area contributed by atoms with Gasteiger partial charge in [-0.2, -0.15) is 11.8 Å². The zero-order valence-corrected chi connectivity index (χ0v) is 24.4. The molecule has 0 radical (unpaired) electrons. The topological polar surface area (TPSA) is 70.4 Å². The Bertz CT molecular complexity index is 1360. The molecular formula is C33H37NO3S2. The van der Waals surface area contributed by atoms with Crippen molar-refractivity contribution in [3.8, 4) is 0 Å². The quantitative estimate of drug-likeness (QED) is 0.236. The minimum Gasteiger partial charge on any atom is -0.481 e. The van der Waals surface area contributed by atoms with Crippen molar-refractivity contribution < 1.29 is 15.0 Å². The summed E-state index contributed by atoms with van der Waals surface area (Å²) < 4.78 is 0. The summed E-state index contributed by atoms with van der Waals surface area (Å²) in [6, 6.07) is 21.1. The highest BCUT2D eigenvalue weighted by Crippen LogP contribution is 2.53. The van der Waals surface area contributed by atoms with E-state index in [0.717, 1.165) is 60.4 Å². The molecule has 1 fully saturated rings. The van der Waals surface area contributed by atoms with Gasteiger partial charge in [0.1, 0.15) is 0 Å². The number of nitrogens with zero attached hydrogens (tertiary/aromatic N) is 1. The van der Waals surface area contributed by atoms with Crippen LogP contribution in [0.3, 0.4) is 0 Å². The number of hydrogen-bond acceptors (Lipinski definition) is 5. The molecule has 0 unspecified atom stereocenters. The first kappa shape index (κ1) is 28.0. The van der Waals surface area contributed by atoms with E-state index in [9.17, 15) is 15.0 Å². The van der Waals surface area contributed by atoms with Crippen LogP contribution in [0.5, 0.6) is 0 Å². The molecule has 0 amide bonds. The maximum atomic E-state index is 11.5. The smallest absolute Gasteiger partial charge is 0.303 e. The van der Waals surface area contributed by atoms with Gasteiger partial charge in [0, 0.05) is 28.1 Å². The van der Waals surface area contributed by atoms with Gasteiger partial charge in [0.15, 0.2) is 0 Å². The summed E-state index contributed by atoms with van der Waals surface area (Å²) in [4.78, 5) is 17.6. The molecule has 2 heterocycles. The summed E-state index contributed by atoms with van der Waals surface area (Å²) in [5, 5.41) is 20.4. The van der Waals surface area contributed by atoms with E-state index >= 15 is 0 Å². The van der Waals surface area contributed by atoms with Crippen LogP contribution < -0.4 is 0 Å². The van der Waals surface area contributed by atoms with E-state index in [1.54, 1.807) is 0 Å². The highest BCUT2D eigenvalue weighted by molar-refractivity contribution is 7.99. The molecular weight excluding hydrogens is 523 g/mol. The molecule has 2 N–H and O–H groups in total. The van der Waals surface area contributed by atoms with Crippen LogP contribution >= 0.6 is 23.5 Å². The molecule has 1 aromatic heterocycles. The third-order valence-corrected chi connectivity index (χ3v) is 10.5. The molecule has 1 aliphatic heterocycles. The summed E-state index contributed by atoms with van der Waals surface area (Å²) in [5.41, 5.74) is 5.76. The first-order chi connectivity index (χ1) is 18.7. The molecule has 39 heavy (non-hydrogen) atoms. The summed E-state index contributed by atoms with van der Waals surface area (Å²) in [6.07, 6.45) is 9.28. The molecule has 3 aromatic rings. The molecule has 1 saturated carbocycles. The monoisotopic (exact) mass is 559 g/mol. The fourth-order valence-corrected chi connectivity index (χ4v) is 7.89. The minimum atomic E-state index is -0.895. The molecule has 204 valence electrons. The van der Waals surface area contributed by atoms with Gasteiger partial charge in [0.2, 0.25) is 0 Å². The Kier molecular flexibility index (Phi) is 8.55. The van der Waals surface area contributed by atoms with Crippen LogP contribution in [-0.4, -0.2) is 32.7 Å².